The molecule has 10 heteroatoms. The maximum Gasteiger partial charge on any atom is 0.261 e. The summed E-state index contributed by atoms with van der Waals surface area (Å²) in [6.07, 6.45) is 1.38. The van der Waals surface area contributed by atoms with Crippen molar-refractivity contribution in [1.29, 1.82) is 0 Å². The number of rotatable bonds is 5. The highest BCUT2D eigenvalue weighted by Crippen LogP contribution is 2.31. The van der Waals surface area contributed by atoms with E-state index in [9.17, 15) is 4.79 Å². The van der Waals surface area contributed by atoms with Gasteiger partial charge < -0.3 is 14.0 Å². The molecule has 29 heavy (non-hydrogen) atoms. The van der Waals surface area contributed by atoms with Crippen LogP contribution in [0.1, 0.15) is 5.89 Å². The lowest BCUT2D eigenvalue weighted by Crippen LogP contribution is -2.21. The Balaban J connectivity index is 1.68. The molecule has 0 aliphatic rings. The van der Waals surface area contributed by atoms with Gasteiger partial charge in [0.15, 0.2) is 0 Å². The molecule has 0 saturated heterocycles. The number of benzene rings is 2. The van der Waals surface area contributed by atoms with Crippen LogP contribution >= 0.6 is 23.2 Å². The first-order chi connectivity index (χ1) is 14.0. The van der Waals surface area contributed by atoms with Gasteiger partial charge in [-0.05, 0) is 24.3 Å². The summed E-state index contributed by atoms with van der Waals surface area (Å²) in [6.45, 7) is 0.0391. The number of hydrogen-bond acceptors (Lipinski definition) is 7. The molecule has 4 rings (SSSR count). The molecule has 0 N–H and O–H groups in total. The molecular weight excluding hydrogens is 419 g/mol. The van der Waals surface area contributed by atoms with Crippen LogP contribution in [0.4, 0.5) is 0 Å². The summed E-state index contributed by atoms with van der Waals surface area (Å²) in [5, 5.41) is 4.95. The molecule has 0 saturated carbocycles. The Morgan fingerprint density at radius 2 is 1.97 bits per heavy atom. The van der Waals surface area contributed by atoms with Gasteiger partial charge in [-0.2, -0.15) is 4.98 Å². The van der Waals surface area contributed by atoms with Crippen LogP contribution in [0.5, 0.6) is 11.5 Å². The molecule has 2 heterocycles. The largest absolute Gasteiger partial charge is 0.497 e. The summed E-state index contributed by atoms with van der Waals surface area (Å²) in [6, 6.07) is 8.31. The zero-order valence-corrected chi connectivity index (χ0v) is 16.9. The predicted molar refractivity (Wildman–Crippen MR) is 108 cm³/mol. The smallest absolute Gasteiger partial charge is 0.261 e. The lowest BCUT2D eigenvalue weighted by atomic mass is 10.2. The molecule has 0 amide bonds. The standard InChI is InChI=1S/C19H14Cl2N4O4/c1-27-11-3-4-12(15(7-11)28-2)18-23-16(29-24-18)8-25-9-22-17-13(19(25)26)5-10(20)6-14(17)21/h3-7,9H,8H2,1-2H3. The predicted octanol–water partition coefficient (Wildman–Crippen LogP) is 3.82. The van der Waals surface area contributed by atoms with E-state index in [0.29, 0.717) is 43.8 Å². The van der Waals surface area contributed by atoms with E-state index in [1.54, 1.807) is 25.3 Å². The number of halogens is 2. The molecule has 0 spiro atoms. The van der Waals surface area contributed by atoms with E-state index in [4.69, 9.17) is 37.2 Å². The molecule has 0 aliphatic carbocycles. The SMILES string of the molecule is COc1ccc(-c2noc(Cn3cnc4c(Cl)cc(Cl)cc4c3=O)n2)c(OC)c1. The van der Waals surface area contributed by atoms with Gasteiger partial charge in [-0.3, -0.25) is 9.36 Å². The van der Waals surface area contributed by atoms with Gasteiger partial charge in [-0.25, -0.2) is 4.98 Å². The molecular formula is C19H14Cl2N4O4. The molecule has 8 nitrogen and oxygen atoms in total. The van der Waals surface area contributed by atoms with Gasteiger partial charge in [0, 0.05) is 11.1 Å². The molecule has 148 valence electrons. The number of methoxy groups -OCH3 is 2. The molecule has 0 atom stereocenters. The van der Waals surface area contributed by atoms with Crippen molar-refractivity contribution in [2.24, 2.45) is 0 Å². The number of ether oxygens (including phenoxy) is 2. The van der Waals surface area contributed by atoms with Crippen LogP contribution in [0.2, 0.25) is 10.0 Å². The van der Waals surface area contributed by atoms with E-state index in [1.165, 1.54) is 30.1 Å². The third kappa shape index (κ3) is 3.64. The Hall–Kier alpha value is -3.10. The molecule has 2 aromatic heterocycles. The average Bonchev–Trinajstić information content (AvgIpc) is 3.18. The first kappa shape index (κ1) is 19.2. The summed E-state index contributed by atoms with van der Waals surface area (Å²) < 4.78 is 17.2. The Morgan fingerprint density at radius 3 is 2.72 bits per heavy atom. The zero-order chi connectivity index (χ0) is 20.5. The van der Waals surface area contributed by atoms with Crippen molar-refractivity contribution in [3.8, 4) is 22.9 Å². The minimum atomic E-state index is -0.318. The average molecular weight is 433 g/mol. The van der Waals surface area contributed by atoms with E-state index < -0.39 is 0 Å². The van der Waals surface area contributed by atoms with Crippen molar-refractivity contribution in [1.82, 2.24) is 19.7 Å². The topological polar surface area (TPSA) is 92.3 Å². The number of aromatic nitrogens is 4. The second-order valence-corrected chi connectivity index (χ2v) is 6.88. The lowest BCUT2D eigenvalue weighted by molar-refractivity contribution is 0.369. The molecule has 0 unspecified atom stereocenters. The van der Waals surface area contributed by atoms with E-state index in [2.05, 4.69) is 15.1 Å². The summed E-state index contributed by atoms with van der Waals surface area (Å²) in [5.41, 5.74) is 0.693. The van der Waals surface area contributed by atoms with Gasteiger partial charge in [0.2, 0.25) is 11.7 Å². The van der Waals surface area contributed by atoms with Gasteiger partial charge >= 0.3 is 0 Å². The first-order valence-corrected chi connectivity index (χ1v) is 9.15. The van der Waals surface area contributed by atoms with E-state index in [-0.39, 0.29) is 18.0 Å². The van der Waals surface area contributed by atoms with E-state index in [1.807, 2.05) is 0 Å². The fourth-order valence-corrected chi connectivity index (χ4v) is 3.41. The summed E-state index contributed by atoms with van der Waals surface area (Å²) in [5.74, 6) is 1.73. The molecule has 0 fully saturated rings. The van der Waals surface area contributed by atoms with Crippen LogP contribution in [0, 0.1) is 0 Å². The summed E-state index contributed by atoms with van der Waals surface area (Å²) in [7, 11) is 3.10. The third-order valence-electron chi connectivity index (χ3n) is 4.27. The van der Waals surface area contributed by atoms with Crippen molar-refractivity contribution in [2.75, 3.05) is 14.2 Å². The second kappa shape index (κ2) is 7.73. The normalized spacial score (nSPS) is 11.0. The Labute approximate surface area is 174 Å². The molecule has 0 aliphatic heterocycles. The van der Waals surface area contributed by atoms with Gasteiger partial charge in [0.1, 0.15) is 18.0 Å². The fraction of sp³-hybridized carbons (Fsp3) is 0.158. The van der Waals surface area contributed by atoms with Crippen LogP contribution in [-0.2, 0) is 6.54 Å². The minimum absolute atomic E-state index is 0.0391. The highest BCUT2D eigenvalue weighted by molar-refractivity contribution is 6.38. The van der Waals surface area contributed by atoms with Gasteiger partial charge in [0.25, 0.3) is 5.56 Å². The Morgan fingerprint density at radius 1 is 1.14 bits per heavy atom. The highest BCUT2D eigenvalue weighted by Gasteiger charge is 2.16. The summed E-state index contributed by atoms with van der Waals surface area (Å²) in [4.78, 5) is 21.4. The highest BCUT2D eigenvalue weighted by atomic mass is 35.5. The Bertz CT molecular complexity index is 1270. The van der Waals surface area contributed by atoms with Gasteiger partial charge in [-0.1, -0.05) is 28.4 Å². The minimum Gasteiger partial charge on any atom is -0.497 e. The third-order valence-corrected chi connectivity index (χ3v) is 4.78. The number of nitrogens with zero attached hydrogens (tertiary/aromatic N) is 4. The number of hydrogen-bond donors (Lipinski definition) is 0. The molecule has 0 bridgehead atoms. The first-order valence-electron chi connectivity index (χ1n) is 8.39. The van der Waals surface area contributed by atoms with Crippen LogP contribution in [0.15, 0.2) is 46.0 Å². The monoisotopic (exact) mass is 432 g/mol. The fourth-order valence-electron chi connectivity index (χ4n) is 2.86. The van der Waals surface area contributed by atoms with Crippen LogP contribution in [0.3, 0.4) is 0 Å². The number of fused-ring (bicyclic) bond motifs is 1. The maximum absolute atomic E-state index is 12.8. The lowest BCUT2D eigenvalue weighted by Gasteiger charge is -2.07. The van der Waals surface area contributed by atoms with Crippen molar-refractivity contribution in [3.63, 3.8) is 0 Å². The van der Waals surface area contributed by atoms with Crippen molar-refractivity contribution in [3.05, 3.63) is 62.9 Å². The van der Waals surface area contributed by atoms with E-state index >= 15 is 0 Å². The van der Waals surface area contributed by atoms with Crippen molar-refractivity contribution < 1.29 is 14.0 Å². The van der Waals surface area contributed by atoms with E-state index in [0.717, 1.165) is 0 Å². The van der Waals surface area contributed by atoms with Crippen LogP contribution in [-0.4, -0.2) is 33.9 Å². The molecule has 2 aromatic carbocycles. The van der Waals surface area contributed by atoms with Crippen LogP contribution < -0.4 is 15.0 Å². The van der Waals surface area contributed by atoms with Gasteiger partial charge in [0.05, 0.1) is 42.0 Å². The molecule has 4 aromatic rings. The van der Waals surface area contributed by atoms with Crippen molar-refractivity contribution >= 4 is 34.1 Å². The summed E-state index contributed by atoms with van der Waals surface area (Å²) >= 11 is 12.1. The Kier molecular flexibility index (Phi) is 5.12. The maximum atomic E-state index is 12.8. The van der Waals surface area contributed by atoms with Gasteiger partial charge in [-0.15, -0.1) is 0 Å². The zero-order valence-electron chi connectivity index (χ0n) is 15.3. The second-order valence-electron chi connectivity index (χ2n) is 6.04. The van der Waals surface area contributed by atoms with Crippen molar-refractivity contribution in [2.45, 2.75) is 6.54 Å². The molecule has 0 radical (unpaired) electrons. The quantitative estimate of drug-likeness (QED) is 0.473. The van der Waals surface area contributed by atoms with Crippen LogP contribution in [0.25, 0.3) is 22.3 Å².